The van der Waals surface area contributed by atoms with Crippen molar-refractivity contribution >= 4 is 38.3 Å². The first-order valence-electron chi connectivity index (χ1n) is 5.03. The van der Waals surface area contributed by atoms with E-state index in [0.717, 1.165) is 10.2 Å². The third kappa shape index (κ3) is 2.07. The van der Waals surface area contributed by atoms with Crippen LogP contribution in [0.3, 0.4) is 0 Å². The highest BCUT2D eigenvalue weighted by Crippen LogP contribution is 2.33. The summed E-state index contributed by atoms with van der Waals surface area (Å²) in [6.45, 7) is 0. The van der Waals surface area contributed by atoms with E-state index in [1.54, 1.807) is 6.07 Å². The fourth-order valence-electron chi connectivity index (χ4n) is 1.51. The molecule has 0 saturated heterocycles. The number of ether oxygens (including phenoxy) is 1. The standard InChI is InChI=1S/C11H7ClN4OS/c12-8-4-9(15-5-14-8)17-6-2-1-3-7-10(6)16-11(13)18-7/h1-5H,(H2,13,16). The van der Waals surface area contributed by atoms with Gasteiger partial charge >= 0.3 is 0 Å². The molecule has 0 spiro atoms. The van der Waals surface area contributed by atoms with Crippen LogP contribution in [0.4, 0.5) is 5.13 Å². The number of nitrogen functional groups attached to an aromatic ring is 1. The second-order valence-electron chi connectivity index (χ2n) is 3.44. The van der Waals surface area contributed by atoms with E-state index in [9.17, 15) is 0 Å². The number of hydrogen-bond acceptors (Lipinski definition) is 6. The van der Waals surface area contributed by atoms with Crippen LogP contribution in [-0.2, 0) is 0 Å². The molecular weight excluding hydrogens is 272 g/mol. The molecule has 0 radical (unpaired) electrons. The molecule has 0 amide bonds. The second kappa shape index (κ2) is 4.40. The molecule has 0 aliphatic carbocycles. The van der Waals surface area contributed by atoms with Crippen molar-refractivity contribution in [3.8, 4) is 11.6 Å². The smallest absolute Gasteiger partial charge is 0.223 e. The molecule has 0 aliphatic heterocycles. The van der Waals surface area contributed by atoms with Gasteiger partial charge in [-0.25, -0.2) is 15.0 Å². The molecule has 0 atom stereocenters. The average Bonchev–Trinajstić information content (AvgIpc) is 2.71. The average molecular weight is 279 g/mol. The van der Waals surface area contributed by atoms with Crippen molar-refractivity contribution in [3.05, 3.63) is 35.7 Å². The maximum Gasteiger partial charge on any atom is 0.223 e. The van der Waals surface area contributed by atoms with Crippen molar-refractivity contribution in [2.24, 2.45) is 0 Å². The first-order chi connectivity index (χ1) is 8.72. The lowest BCUT2D eigenvalue weighted by Crippen LogP contribution is -1.90. The summed E-state index contributed by atoms with van der Waals surface area (Å²) in [5, 5.41) is 0.826. The van der Waals surface area contributed by atoms with Crippen LogP contribution in [0, 0.1) is 0 Å². The Bertz CT molecular complexity index is 715. The number of para-hydroxylation sites is 1. The molecule has 2 N–H and O–H groups in total. The molecule has 0 aliphatic rings. The monoisotopic (exact) mass is 278 g/mol. The topological polar surface area (TPSA) is 73.9 Å². The van der Waals surface area contributed by atoms with E-state index in [2.05, 4.69) is 15.0 Å². The summed E-state index contributed by atoms with van der Waals surface area (Å²) < 4.78 is 6.60. The fourth-order valence-corrected chi connectivity index (χ4v) is 2.40. The Hall–Kier alpha value is -1.92. The number of anilines is 1. The van der Waals surface area contributed by atoms with Crippen molar-refractivity contribution < 1.29 is 4.74 Å². The van der Waals surface area contributed by atoms with E-state index in [-0.39, 0.29) is 0 Å². The molecule has 3 aromatic rings. The summed E-state index contributed by atoms with van der Waals surface area (Å²) in [5.74, 6) is 0.962. The SMILES string of the molecule is Nc1nc2c(Oc3cc(Cl)ncn3)cccc2s1. The van der Waals surface area contributed by atoms with Crippen molar-refractivity contribution in [2.75, 3.05) is 5.73 Å². The van der Waals surface area contributed by atoms with Crippen molar-refractivity contribution in [2.45, 2.75) is 0 Å². The predicted octanol–water partition coefficient (Wildman–Crippen LogP) is 3.11. The minimum absolute atomic E-state index is 0.324. The van der Waals surface area contributed by atoms with Crippen molar-refractivity contribution in [1.29, 1.82) is 0 Å². The van der Waals surface area contributed by atoms with E-state index < -0.39 is 0 Å². The van der Waals surface area contributed by atoms with Gasteiger partial charge in [0.25, 0.3) is 0 Å². The number of halogens is 1. The Labute approximate surface area is 111 Å². The minimum Gasteiger partial charge on any atom is -0.437 e. The molecule has 0 fully saturated rings. The van der Waals surface area contributed by atoms with Gasteiger partial charge in [0.1, 0.15) is 17.0 Å². The Morgan fingerprint density at radius 2 is 2.17 bits per heavy atom. The highest BCUT2D eigenvalue weighted by atomic mass is 35.5. The molecule has 5 nitrogen and oxygen atoms in total. The van der Waals surface area contributed by atoms with Gasteiger partial charge in [-0.3, -0.25) is 0 Å². The van der Waals surface area contributed by atoms with E-state index in [1.807, 2.05) is 12.1 Å². The molecule has 0 bridgehead atoms. The third-order valence-corrected chi connectivity index (χ3v) is 3.28. The molecule has 18 heavy (non-hydrogen) atoms. The zero-order chi connectivity index (χ0) is 12.5. The lowest BCUT2D eigenvalue weighted by molar-refractivity contribution is 0.466. The molecule has 2 heterocycles. The van der Waals surface area contributed by atoms with Crippen LogP contribution < -0.4 is 10.5 Å². The van der Waals surface area contributed by atoms with Gasteiger partial charge in [-0.2, -0.15) is 0 Å². The molecular formula is C11H7ClN4OS. The maximum absolute atomic E-state index is 5.77. The molecule has 90 valence electrons. The molecule has 7 heteroatoms. The molecule has 2 aromatic heterocycles. The second-order valence-corrected chi connectivity index (χ2v) is 4.89. The van der Waals surface area contributed by atoms with Crippen molar-refractivity contribution in [3.63, 3.8) is 0 Å². The Balaban J connectivity index is 2.04. The number of benzene rings is 1. The first kappa shape index (κ1) is 11.2. The lowest BCUT2D eigenvalue weighted by atomic mass is 10.3. The van der Waals surface area contributed by atoms with E-state index >= 15 is 0 Å². The van der Waals surface area contributed by atoms with E-state index in [4.69, 9.17) is 22.1 Å². The molecule has 1 aromatic carbocycles. The summed E-state index contributed by atoms with van der Waals surface area (Å²) in [6, 6.07) is 7.15. The van der Waals surface area contributed by atoms with Crippen LogP contribution in [-0.4, -0.2) is 15.0 Å². The van der Waals surface area contributed by atoms with Crippen LogP contribution in [0.25, 0.3) is 10.2 Å². The number of thiazole rings is 1. The normalized spacial score (nSPS) is 10.7. The van der Waals surface area contributed by atoms with Gasteiger partial charge in [-0.05, 0) is 12.1 Å². The van der Waals surface area contributed by atoms with Crippen molar-refractivity contribution in [1.82, 2.24) is 15.0 Å². The number of rotatable bonds is 2. The third-order valence-electron chi connectivity index (χ3n) is 2.22. The molecule has 0 unspecified atom stereocenters. The fraction of sp³-hybridized carbons (Fsp3) is 0. The summed E-state index contributed by atoms with van der Waals surface area (Å²) in [4.78, 5) is 12.0. The van der Waals surface area contributed by atoms with Crippen LogP contribution >= 0.6 is 22.9 Å². The van der Waals surface area contributed by atoms with Crippen LogP contribution in [0.15, 0.2) is 30.6 Å². The minimum atomic E-state index is 0.324. The largest absolute Gasteiger partial charge is 0.437 e. The molecule has 3 rings (SSSR count). The van der Waals surface area contributed by atoms with Gasteiger partial charge in [0, 0.05) is 6.07 Å². The number of nitrogens with zero attached hydrogens (tertiary/aromatic N) is 3. The van der Waals surface area contributed by atoms with Gasteiger partial charge in [0.15, 0.2) is 10.9 Å². The first-order valence-corrected chi connectivity index (χ1v) is 6.22. The summed E-state index contributed by atoms with van der Waals surface area (Å²) in [6.07, 6.45) is 1.34. The lowest BCUT2D eigenvalue weighted by Gasteiger charge is -2.04. The van der Waals surface area contributed by atoms with Gasteiger partial charge in [0.05, 0.1) is 4.70 Å². The maximum atomic E-state index is 5.77. The summed E-state index contributed by atoms with van der Waals surface area (Å²) in [5.41, 5.74) is 6.40. The summed E-state index contributed by atoms with van der Waals surface area (Å²) in [7, 11) is 0. The zero-order valence-corrected chi connectivity index (χ0v) is 10.6. The molecule has 0 saturated carbocycles. The van der Waals surface area contributed by atoms with Gasteiger partial charge in [-0.1, -0.05) is 29.0 Å². The summed E-state index contributed by atoms with van der Waals surface area (Å²) >= 11 is 7.18. The Morgan fingerprint density at radius 3 is 3.00 bits per heavy atom. The highest BCUT2D eigenvalue weighted by molar-refractivity contribution is 7.22. The van der Waals surface area contributed by atoms with Crippen LogP contribution in [0.1, 0.15) is 0 Å². The van der Waals surface area contributed by atoms with E-state index in [1.165, 1.54) is 23.7 Å². The van der Waals surface area contributed by atoms with Gasteiger partial charge in [-0.15, -0.1) is 0 Å². The van der Waals surface area contributed by atoms with Crippen LogP contribution in [0.2, 0.25) is 5.15 Å². The van der Waals surface area contributed by atoms with E-state index in [0.29, 0.717) is 21.9 Å². The predicted molar refractivity (Wildman–Crippen MR) is 71.1 cm³/mol. The Morgan fingerprint density at radius 1 is 1.28 bits per heavy atom. The van der Waals surface area contributed by atoms with Gasteiger partial charge in [0.2, 0.25) is 5.88 Å². The number of hydrogen-bond donors (Lipinski definition) is 1. The number of aromatic nitrogens is 3. The highest BCUT2D eigenvalue weighted by Gasteiger charge is 2.09. The van der Waals surface area contributed by atoms with Gasteiger partial charge < -0.3 is 10.5 Å². The van der Waals surface area contributed by atoms with Crippen LogP contribution in [0.5, 0.6) is 11.6 Å². The quantitative estimate of drug-likeness (QED) is 0.729. The number of fused-ring (bicyclic) bond motifs is 1. The number of nitrogens with two attached hydrogens (primary N) is 1. The Kier molecular flexibility index (Phi) is 2.73. The zero-order valence-electron chi connectivity index (χ0n) is 9.00.